The van der Waals surface area contributed by atoms with Crippen molar-refractivity contribution < 1.29 is 9.66 Å². The molecule has 1 N–H and O–H groups in total. The second kappa shape index (κ2) is 6.92. The molecule has 3 aromatic carbocycles. The van der Waals surface area contributed by atoms with E-state index in [0.717, 1.165) is 12.0 Å². The first kappa shape index (κ1) is 17.7. The Hall–Kier alpha value is -3.34. The molecule has 0 amide bonds. The first-order valence-electron chi connectivity index (χ1n) is 10.0. The molecule has 0 aromatic heterocycles. The molecular formula is C24H22N2O3. The Morgan fingerprint density at radius 1 is 1.14 bits per heavy atom. The van der Waals surface area contributed by atoms with Crippen LogP contribution in [0.3, 0.4) is 0 Å². The lowest BCUT2D eigenvalue weighted by molar-refractivity contribution is -0.384. The van der Waals surface area contributed by atoms with Gasteiger partial charge in [0.15, 0.2) is 0 Å². The summed E-state index contributed by atoms with van der Waals surface area (Å²) in [7, 11) is 0. The number of hydrogen-bond donors (Lipinski definition) is 1. The molecule has 5 nitrogen and oxygen atoms in total. The fraction of sp³-hybridized carbons (Fsp3) is 0.250. The van der Waals surface area contributed by atoms with Crippen LogP contribution in [0.25, 0.3) is 10.8 Å². The Morgan fingerprint density at radius 3 is 2.79 bits per heavy atom. The maximum absolute atomic E-state index is 11.9. The molecule has 0 fully saturated rings. The molecule has 0 spiro atoms. The zero-order chi connectivity index (χ0) is 20.0. The number of nitrogens with zero attached hydrogens (tertiary/aromatic N) is 1. The van der Waals surface area contributed by atoms with Crippen molar-refractivity contribution in [3.63, 3.8) is 0 Å². The fourth-order valence-corrected chi connectivity index (χ4v) is 4.88. The number of nitro benzene ring substituents is 1. The number of allylic oxidation sites excluding steroid dienone is 2. The van der Waals surface area contributed by atoms with Crippen LogP contribution in [0.4, 0.5) is 11.4 Å². The van der Waals surface area contributed by atoms with Crippen LogP contribution in [0.15, 0.2) is 66.7 Å². The van der Waals surface area contributed by atoms with Gasteiger partial charge in [0.1, 0.15) is 11.4 Å². The Labute approximate surface area is 169 Å². The van der Waals surface area contributed by atoms with E-state index < -0.39 is 0 Å². The highest BCUT2D eigenvalue weighted by Gasteiger charge is 2.41. The third-order valence-corrected chi connectivity index (χ3v) is 6.09. The zero-order valence-corrected chi connectivity index (χ0v) is 16.2. The van der Waals surface area contributed by atoms with Gasteiger partial charge >= 0.3 is 0 Å². The molecule has 0 radical (unpaired) electrons. The van der Waals surface area contributed by atoms with E-state index >= 15 is 0 Å². The molecule has 0 unspecified atom stereocenters. The van der Waals surface area contributed by atoms with Crippen molar-refractivity contribution in [3.8, 4) is 5.75 Å². The maximum Gasteiger partial charge on any atom is 0.296 e. The summed E-state index contributed by atoms with van der Waals surface area (Å²) >= 11 is 0. The van der Waals surface area contributed by atoms with Crippen LogP contribution in [0.2, 0.25) is 0 Å². The van der Waals surface area contributed by atoms with Gasteiger partial charge in [-0.3, -0.25) is 10.1 Å². The highest BCUT2D eigenvalue weighted by Crippen LogP contribution is 2.53. The van der Waals surface area contributed by atoms with Gasteiger partial charge in [-0.2, -0.15) is 0 Å². The zero-order valence-electron chi connectivity index (χ0n) is 16.2. The van der Waals surface area contributed by atoms with Crippen molar-refractivity contribution in [2.24, 2.45) is 5.92 Å². The molecule has 3 atom stereocenters. The lowest BCUT2D eigenvalue weighted by Gasteiger charge is -2.37. The summed E-state index contributed by atoms with van der Waals surface area (Å²) in [5.41, 5.74) is 2.84. The number of benzene rings is 3. The van der Waals surface area contributed by atoms with Gasteiger partial charge in [0.25, 0.3) is 5.69 Å². The number of hydrogen-bond acceptors (Lipinski definition) is 4. The minimum absolute atomic E-state index is 0.00486. The molecule has 29 heavy (non-hydrogen) atoms. The van der Waals surface area contributed by atoms with Gasteiger partial charge in [0.05, 0.1) is 23.6 Å². The van der Waals surface area contributed by atoms with E-state index in [1.807, 2.05) is 25.1 Å². The number of nitrogens with one attached hydrogen (secondary N) is 1. The summed E-state index contributed by atoms with van der Waals surface area (Å²) in [5.74, 6) is 1.00. The number of ether oxygens (including phenoxy) is 1. The van der Waals surface area contributed by atoms with Gasteiger partial charge in [-0.05, 0) is 47.2 Å². The Morgan fingerprint density at radius 2 is 1.97 bits per heavy atom. The smallest absolute Gasteiger partial charge is 0.296 e. The van der Waals surface area contributed by atoms with E-state index in [2.05, 4.69) is 47.8 Å². The molecule has 5 rings (SSSR count). The first-order chi connectivity index (χ1) is 14.2. The maximum atomic E-state index is 11.9. The van der Waals surface area contributed by atoms with Crippen LogP contribution in [0, 0.1) is 16.0 Å². The molecule has 1 aliphatic carbocycles. The molecule has 0 saturated carbocycles. The second-order valence-corrected chi connectivity index (χ2v) is 7.64. The number of anilines is 1. The topological polar surface area (TPSA) is 64.4 Å². The molecular weight excluding hydrogens is 364 g/mol. The quantitative estimate of drug-likeness (QED) is 0.341. The van der Waals surface area contributed by atoms with Crippen LogP contribution in [-0.4, -0.2) is 11.5 Å². The summed E-state index contributed by atoms with van der Waals surface area (Å²) in [6.45, 7) is 2.37. The van der Waals surface area contributed by atoms with Gasteiger partial charge in [-0.1, -0.05) is 54.6 Å². The highest BCUT2D eigenvalue weighted by molar-refractivity contribution is 5.87. The Bertz CT molecular complexity index is 1130. The lowest BCUT2D eigenvalue weighted by atomic mass is 9.76. The Kier molecular flexibility index (Phi) is 4.23. The van der Waals surface area contributed by atoms with Gasteiger partial charge in [-0.15, -0.1) is 0 Å². The van der Waals surface area contributed by atoms with Gasteiger partial charge in [-0.25, -0.2) is 0 Å². The predicted molar refractivity (Wildman–Crippen MR) is 115 cm³/mol. The Balaban J connectivity index is 1.69. The van der Waals surface area contributed by atoms with E-state index in [4.69, 9.17) is 4.74 Å². The summed E-state index contributed by atoms with van der Waals surface area (Å²) in [5, 5.41) is 17.8. The number of fused-ring (bicyclic) bond motifs is 4. The van der Waals surface area contributed by atoms with Crippen molar-refractivity contribution in [2.75, 3.05) is 11.9 Å². The van der Waals surface area contributed by atoms with E-state index in [-0.39, 0.29) is 22.6 Å². The van der Waals surface area contributed by atoms with E-state index in [0.29, 0.717) is 24.0 Å². The molecule has 2 aliphatic rings. The van der Waals surface area contributed by atoms with Gasteiger partial charge in [0, 0.05) is 5.92 Å². The van der Waals surface area contributed by atoms with E-state index in [1.54, 1.807) is 0 Å². The third-order valence-electron chi connectivity index (χ3n) is 6.09. The van der Waals surface area contributed by atoms with E-state index in [9.17, 15) is 10.1 Å². The summed E-state index contributed by atoms with van der Waals surface area (Å²) < 4.78 is 5.62. The van der Waals surface area contributed by atoms with Gasteiger partial charge < -0.3 is 10.1 Å². The SMILES string of the molecule is CCOc1cc2c(c([N+](=O)[O-])c1)N[C@@H](c1cccc3ccccc13)[C@H]1CC=C[C@H]21. The normalized spacial score (nSPS) is 22.0. The van der Waals surface area contributed by atoms with E-state index in [1.165, 1.54) is 22.4 Å². The molecule has 146 valence electrons. The van der Waals surface area contributed by atoms with Gasteiger partial charge in [0.2, 0.25) is 0 Å². The largest absolute Gasteiger partial charge is 0.494 e. The molecule has 1 heterocycles. The van der Waals surface area contributed by atoms with Crippen LogP contribution >= 0.6 is 0 Å². The lowest BCUT2D eigenvalue weighted by Crippen LogP contribution is -2.29. The molecule has 3 aromatic rings. The van der Waals surface area contributed by atoms with Crippen molar-refractivity contribution in [1.29, 1.82) is 0 Å². The second-order valence-electron chi connectivity index (χ2n) is 7.64. The standard InChI is InChI=1S/C24H22N2O3/c1-2-29-16-13-21-18-10-6-12-20(18)23(25-24(21)22(14-16)26(27)28)19-11-5-8-15-7-3-4-9-17(15)19/h3-11,13-14,18,20,23,25H,2,12H2,1H3/t18-,20-,23-/m0/s1. The third kappa shape index (κ3) is 2.85. The summed E-state index contributed by atoms with van der Waals surface area (Å²) in [6.07, 6.45) is 5.34. The van der Waals surface area contributed by atoms with Crippen molar-refractivity contribution in [1.82, 2.24) is 0 Å². The van der Waals surface area contributed by atoms with Crippen molar-refractivity contribution >= 4 is 22.1 Å². The van der Waals surface area contributed by atoms with Crippen LogP contribution in [0.1, 0.15) is 36.4 Å². The molecule has 5 heteroatoms. The molecule has 0 bridgehead atoms. The highest BCUT2D eigenvalue weighted by atomic mass is 16.6. The van der Waals surface area contributed by atoms with Crippen molar-refractivity contribution in [2.45, 2.75) is 25.3 Å². The predicted octanol–water partition coefficient (Wildman–Crippen LogP) is 5.97. The van der Waals surface area contributed by atoms with Crippen LogP contribution in [0.5, 0.6) is 5.75 Å². The van der Waals surface area contributed by atoms with Crippen LogP contribution < -0.4 is 10.1 Å². The summed E-state index contributed by atoms with van der Waals surface area (Å²) in [6, 6.07) is 18.1. The number of nitro groups is 1. The number of rotatable bonds is 4. The van der Waals surface area contributed by atoms with Crippen molar-refractivity contribution in [3.05, 3.63) is 88.0 Å². The van der Waals surface area contributed by atoms with Crippen LogP contribution in [-0.2, 0) is 0 Å². The average Bonchev–Trinajstić information content (AvgIpc) is 3.23. The minimum atomic E-state index is -0.312. The minimum Gasteiger partial charge on any atom is -0.494 e. The summed E-state index contributed by atoms with van der Waals surface area (Å²) in [4.78, 5) is 11.6. The monoisotopic (exact) mass is 386 g/mol. The molecule has 0 saturated heterocycles. The fourth-order valence-electron chi connectivity index (χ4n) is 4.88. The first-order valence-corrected chi connectivity index (χ1v) is 10.0. The average molecular weight is 386 g/mol. The molecule has 1 aliphatic heterocycles.